The average molecular weight is 243 g/mol. The number of aliphatic hydroxyl groups excluding tert-OH is 1. The Kier molecular flexibility index (Phi) is 5.88. The van der Waals surface area contributed by atoms with Crippen LogP contribution in [0.5, 0.6) is 0 Å². The Labute approximate surface area is 104 Å². The molecule has 1 atom stereocenters. The molecule has 2 N–H and O–H groups in total. The summed E-state index contributed by atoms with van der Waals surface area (Å²) in [4.78, 5) is 15.4. The number of piperidine rings is 1. The molecule has 0 aromatic carbocycles. The van der Waals surface area contributed by atoms with Crippen LogP contribution in [0.3, 0.4) is 0 Å². The van der Waals surface area contributed by atoms with E-state index in [2.05, 4.69) is 10.2 Å². The summed E-state index contributed by atoms with van der Waals surface area (Å²) in [5.41, 5.74) is 0. The predicted octanol–water partition coefficient (Wildman–Crippen LogP) is -0.491. The van der Waals surface area contributed by atoms with Crippen LogP contribution in [0.4, 0.5) is 0 Å². The minimum Gasteiger partial charge on any atom is -0.392 e. The van der Waals surface area contributed by atoms with Gasteiger partial charge in [0.2, 0.25) is 5.91 Å². The van der Waals surface area contributed by atoms with Gasteiger partial charge in [-0.05, 0) is 19.8 Å². The van der Waals surface area contributed by atoms with Crippen LogP contribution in [0.2, 0.25) is 0 Å². The van der Waals surface area contributed by atoms with E-state index in [0.717, 1.165) is 25.9 Å². The van der Waals surface area contributed by atoms with Crippen LogP contribution in [0.25, 0.3) is 0 Å². The molecular weight excluding hydrogens is 218 g/mol. The van der Waals surface area contributed by atoms with Gasteiger partial charge in [0.25, 0.3) is 0 Å². The highest BCUT2D eigenvalue weighted by atomic mass is 16.3. The predicted molar refractivity (Wildman–Crippen MR) is 67.8 cm³/mol. The highest BCUT2D eigenvalue weighted by Gasteiger charge is 2.21. The first-order valence-corrected chi connectivity index (χ1v) is 6.33. The van der Waals surface area contributed by atoms with E-state index in [-0.39, 0.29) is 12.0 Å². The molecule has 1 fully saturated rings. The van der Waals surface area contributed by atoms with Crippen molar-refractivity contribution < 1.29 is 9.90 Å². The molecule has 0 bridgehead atoms. The van der Waals surface area contributed by atoms with Gasteiger partial charge in [0.05, 0.1) is 12.6 Å². The Morgan fingerprint density at radius 1 is 1.47 bits per heavy atom. The molecule has 100 valence electrons. The molecule has 0 aromatic heterocycles. The first kappa shape index (κ1) is 14.4. The summed E-state index contributed by atoms with van der Waals surface area (Å²) in [5, 5.41) is 12.5. The van der Waals surface area contributed by atoms with Crippen molar-refractivity contribution >= 4 is 5.91 Å². The molecule has 1 rings (SSSR count). The SMILES string of the molecule is CC(O)CNC1CCN(CC(=O)N(C)C)CC1. The summed E-state index contributed by atoms with van der Waals surface area (Å²) in [6, 6.07) is 0.482. The number of nitrogens with zero attached hydrogens (tertiary/aromatic N) is 2. The first-order chi connectivity index (χ1) is 7.99. The summed E-state index contributed by atoms with van der Waals surface area (Å²) in [7, 11) is 3.58. The molecule has 5 nitrogen and oxygen atoms in total. The molecule has 0 spiro atoms. The van der Waals surface area contributed by atoms with Gasteiger partial charge in [-0.2, -0.15) is 0 Å². The highest BCUT2D eigenvalue weighted by molar-refractivity contribution is 5.77. The number of rotatable bonds is 5. The number of hydrogen-bond donors (Lipinski definition) is 2. The third-order valence-electron chi connectivity index (χ3n) is 3.15. The topological polar surface area (TPSA) is 55.8 Å². The lowest BCUT2D eigenvalue weighted by Gasteiger charge is -2.32. The maximum Gasteiger partial charge on any atom is 0.236 e. The number of hydrogen-bond acceptors (Lipinski definition) is 4. The smallest absolute Gasteiger partial charge is 0.236 e. The molecular formula is C12H25N3O2. The molecule has 17 heavy (non-hydrogen) atoms. The van der Waals surface area contributed by atoms with Gasteiger partial charge in [0, 0.05) is 39.8 Å². The normalized spacial score (nSPS) is 20.2. The molecule has 0 aromatic rings. The first-order valence-electron chi connectivity index (χ1n) is 6.33. The van der Waals surface area contributed by atoms with Gasteiger partial charge >= 0.3 is 0 Å². The van der Waals surface area contributed by atoms with Crippen molar-refractivity contribution in [3.8, 4) is 0 Å². The fourth-order valence-electron chi connectivity index (χ4n) is 1.97. The minimum atomic E-state index is -0.289. The molecule has 1 aliphatic heterocycles. The summed E-state index contributed by atoms with van der Waals surface area (Å²) in [6.45, 7) is 4.88. The maximum atomic E-state index is 11.5. The van der Waals surface area contributed by atoms with Crippen molar-refractivity contribution in [1.82, 2.24) is 15.1 Å². The van der Waals surface area contributed by atoms with E-state index < -0.39 is 0 Å². The van der Waals surface area contributed by atoms with Crippen molar-refractivity contribution in [1.29, 1.82) is 0 Å². The van der Waals surface area contributed by atoms with Gasteiger partial charge in [-0.1, -0.05) is 0 Å². The monoisotopic (exact) mass is 243 g/mol. The molecule has 1 aliphatic rings. The summed E-state index contributed by atoms with van der Waals surface area (Å²) in [5.74, 6) is 0.167. The quantitative estimate of drug-likeness (QED) is 0.684. The van der Waals surface area contributed by atoms with Crippen LogP contribution in [-0.4, -0.2) is 73.2 Å². The number of likely N-dealkylation sites (N-methyl/N-ethyl adjacent to an activating group) is 1. The average Bonchev–Trinajstić information content (AvgIpc) is 2.28. The molecule has 0 saturated carbocycles. The van der Waals surface area contributed by atoms with Crippen molar-refractivity contribution in [2.24, 2.45) is 0 Å². The molecule has 1 amide bonds. The van der Waals surface area contributed by atoms with E-state index in [1.807, 2.05) is 0 Å². The number of amides is 1. The van der Waals surface area contributed by atoms with Crippen LogP contribution in [0.1, 0.15) is 19.8 Å². The van der Waals surface area contributed by atoms with Crippen molar-refractivity contribution in [2.75, 3.05) is 40.3 Å². The van der Waals surface area contributed by atoms with Crippen LogP contribution >= 0.6 is 0 Å². The van der Waals surface area contributed by atoms with Crippen LogP contribution in [0, 0.1) is 0 Å². The zero-order valence-electron chi connectivity index (χ0n) is 11.1. The van der Waals surface area contributed by atoms with E-state index >= 15 is 0 Å². The van der Waals surface area contributed by atoms with Crippen LogP contribution in [0.15, 0.2) is 0 Å². The van der Waals surface area contributed by atoms with Crippen molar-refractivity contribution in [3.05, 3.63) is 0 Å². The number of nitrogens with one attached hydrogen (secondary N) is 1. The second kappa shape index (κ2) is 6.93. The lowest BCUT2D eigenvalue weighted by molar-refractivity contribution is -0.130. The summed E-state index contributed by atoms with van der Waals surface area (Å²) < 4.78 is 0. The molecule has 5 heteroatoms. The fourth-order valence-corrected chi connectivity index (χ4v) is 1.97. The van der Waals surface area contributed by atoms with Crippen molar-refractivity contribution in [3.63, 3.8) is 0 Å². The Hall–Kier alpha value is -0.650. The van der Waals surface area contributed by atoms with E-state index in [9.17, 15) is 9.90 Å². The standard InChI is InChI=1S/C12H25N3O2/c1-10(16)8-13-11-4-6-15(7-5-11)9-12(17)14(2)3/h10-11,13,16H,4-9H2,1-3H3. The Bertz CT molecular complexity index is 236. The van der Waals surface area contributed by atoms with E-state index in [4.69, 9.17) is 0 Å². The lowest BCUT2D eigenvalue weighted by Crippen LogP contribution is -2.46. The summed E-state index contributed by atoms with van der Waals surface area (Å²) >= 11 is 0. The van der Waals surface area contributed by atoms with E-state index in [1.165, 1.54) is 0 Å². The lowest BCUT2D eigenvalue weighted by atomic mass is 10.0. The van der Waals surface area contributed by atoms with E-state index in [0.29, 0.717) is 19.1 Å². The molecule has 1 saturated heterocycles. The van der Waals surface area contributed by atoms with Crippen LogP contribution < -0.4 is 5.32 Å². The number of likely N-dealkylation sites (tertiary alicyclic amines) is 1. The van der Waals surface area contributed by atoms with Gasteiger partial charge in [0.1, 0.15) is 0 Å². The number of carbonyl (C=O) groups is 1. The number of aliphatic hydroxyl groups is 1. The Morgan fingerprint density at radius 2 is 2.06 bits per heavy atom. The second-order valence-corrected chi connectivity index (χ2v) is 5.10. The fraction of sp³-hybridized carbons (Fsp3) is 0.917. The third-order valence-corrected chi connectivity index (χ3v) is 3.15. The zero-order chi connectivity index (χ0) is 12.8. The molecule has 1 unspecified atom stereocenters. The highest BCUT2D eigenvalue weighted by Crippen LogP contribution is 2.10. The summed E-state index contributed by atoms with van der Waals surface area (Å²) in [6.07, 6.45) is 1.81. The van der Waals surface area contributed by atoms with Crippen LogP contribution in [-0.2, 0) is 4.79 Å². The maximum absolute atomic E-state index is 11.5. The van der Waals surface area contributed by atoms with Gasteiger partial charge in [-0.15, -0.1) is 0 Å². The van der Waals surface area contributed by atoms with Gasteiger partial charge in [-0.3, -0.25) is 9.69 Å². The molecule has 0 radical (unpaired) electrons. The number of carbonyl (C=O) groups excluding carboxylic acids is 1. The third kappa shape index (κ3) is 5.48. The van der Waals surface area contributed by atoms with Gasteiger partial charge in [0.15, 0.2) is 0 Å². The molecule has 0 aliphatic carbocycles. The van der Waals surface area contributed by atoms with Crippen molar-refractivity contribution in [2.45, 2.75) is 31.9 Å². The minimum absolute atomic E-state index is 0.167. The van der Waals surface area contributed by atoms with Gasteiger partial charge < -0.3 is 15.3 Å². The zero-order valence-corrected chi connectivity index (χ0v) is 11.1. The molecule has 1 heterocycles. The van der Waals surface area contributed by atoms with Gasteiger partial charge in [-0.25, -0.2) is 0 Å². The van der Waals surface area contributed by atoms with E-state index in [1.54, 1.807) is 25.9 Å². The Balaban J connectivity index is 2.19. The largest absolute Gasteiger partial charge is 0.392 e. The second-order valence-electron chi connectivity index (χ2n) is 5.10. The Morgan fingerprint density at radius 3 is 2.53 bits per heavy atom.